The first-order valence-electron chi connectivity index (χ1n) is 5.91. The van der Waals surface area contributed by atoms with E-state index in [9.17, 15) is 9.90 Å². The first-order valence-corrected chi connectivity index (χ1v) is 5.91. The normalized spacial score (nSPS) is 11.9. The lowest BCUT2D eigenvalue weighted by Crippen LogP contribution is -2.32. The summed E-state index contributed by atoms with van der Waals surface area (Å²) in [5, 5.41) is 14.8. The number of carbonyl (C=O) groups excluding carboxylic acids is 1. The summed E-state index contributed by atoms with van der Waals surface area (Å²) in [6, 6.07) is 7.28. The molecule has 3 N–H and O–H groups in total. The fourth-order valence-electron chi connectivity index (χ4n) is 1.51. The number of para-hydroxylation sites is 1. The summed E-state index contributed by atoms with van der Waals surface area (Å²) in [5.74, 6) is 0. The lowest BCUT2D eigenvalue weighted by molar-refractivity contribution is 0.0599. The molecule has 1 unspecified atom stereocenters. The molecule has 2 amide bonds. The molecule has 0 aliphatic heterocycles. The van der Waals surface area contributed by atoms with E-state index in [2.05, 4.69) is 10.6 Å². The van der Waals surface area contributed by atoms with Crippen molar-refractivity contribution in [2.75, 3.05) is 25.6 Å². The highest BCUT2D eigenvalue weighted by atomic mass is 16.5. The van der Waals surface area contributed by atoms with Crippen LogP contribution < -0.4 is 10.6 Å². The molecule has 0 radical (unpaired) electrons. The monoisotopic (exact) mass is 252 g/mol. The van der Waals surface area contributed by atoms with Crippen molar-refractivity contribution in [2.45, 2.75) is 19.4 Å². The van der Waals surface area contributed by atoms with E-state index in [0.29, 0.717) is 13.0 Å². The van der Waals surface area contributed by atoms with Crippen molar-refractivity contribution in [1.82, 2.24) is 5.32 Å². The van der Waals surface area contributed by atoms with E-state index in [1.54, 1.807) is 0 Å². The van der Waals surface area contributed by atoms with Crippen LogP contribution in [0, 0.1) is 6.92 Å². The Morgan fingerprint density at radius 1 is 1.44 bits per heavy atom. The second kappa shape index (κ2) is 7.68. The molecule has 0 saturated heterocycles. The zero-order valence-corrected chi connectivity index (χ0v) is 10.8. The molecule has 0 spiro atoms. The number of methoxy groups -OCH3 is 1. The number of aliphatic hydroxyl groups is 1. The smallest absolute Gasteiger partial charge is 0.319 e. The number of aliphatic hydroxyl groups excluding tert-OH is 1. The number of anilines is 1. The average molecular weight is 252 g/mol. The Balaban J connectivity index is 2.28. The maximum Gasteiger partial charge on any atom is 0.319 e. The maximum absolute atomic E-state index is 11.6. The molecule has 1 rings (SSSR count). The van der Waals surface area contributed by atoms with Gasteiger partial charge in [0, 0.05) is 19.3 Å². The second-order valence-corrected chi connectivity index (χ2v) is 4.09. The van der Waals surface area contributed by atoms with Crippen LogP contribution in [0.15, 0.2) is 24.3 Å². The van der Waals surface area contributed by atoms with E-state index < -0.39 is 6.10 Å². The van der Waals surface area contributed by atoms with E-state index in [-0.39, 0.29) is 12.6 Å². The summed E-state index contributed by atoms with van der Waals surface area (Å²) in [5.41, 5.74) is 1.79. The first kappa shape index (κ1) is 14.5. The SMILES string of the molecule is COCC(O)CCNC(=O)Nc1ccccc1C. The molecule has 100 valence electrons. The van der Waals surface area contributed by atoms with Gasteiger partial charge >= 0.3 is 6.03 Å². The van der Waals surface area contributed by atoms with Crippen LogP contribution in [0.4, 0.5) is 10.5 Å². The van der Waals surface area contributed by atoms with Crippen LogP contribution in [0.5, 0.6) is 0 Å². The number of nitrogens with one attached hydrogen (secondary N) is 2. The summed E-state index contributed by atoms with van der Waals surface area (Å²) in [6.07, 6.45) is -0.0801. The number of carbonyl (C=O) groups is 1. The number of urea groups is 1. The van der Waals surface area contributed by atoms with Gasteiger partial charge in [-0.15, -0.1) is 0 Å². The van der Waals surface area contributed by atoms with E-state index in [0.717, 1.165) is 11.3 Å². The highest BCUT2D eigenvalue weighted by Crippen LogP contribution is 2.12. The molecule has 5 nitrogen and oxygen atoms in total. The van der Waals surface area contributed by atoms with Crippen molar-refractivity contribution < 1.29 is 14.6 Å². The predicted octanol–water partition coefficient (Wildman–Crippen LogP) is 1.51. The predicted molar refractivity (Wildman–Crippen MR) is 70.7 cm³/mol. The van der Waals surface area contributed by atoms with E-state index >= 15 is 0 Å². The highest BCUT2D eigenvalue weighted by molar-refractivity contribution is 5.89. The molecule has 1 atom stereocenters. The minimum atomic E-state index is -0.547. The van der Waals surface area contributed by atoms with Crippen molar-refractivity contribution in [1.29, 1.82) is 0 Å². The van der Waals surface area contributed by atoms with Crippen molar-refractivity contribution in [3.05, 3.63) is 29.8 Å². The van der Waals surface area contributed by atoms with Gasteiger partial charge in [-0.3, -0.25) is 0 Å². The topological polar surface area (TPSA) is 70.6 Å². The van der Waals surface area contributed by atoms with Crippen molar-refractivity contribution in [3.63, 3.8) is 0 Å². The van der Waals surface area contributed by atoms with Crippen LogP contribution >= 0.6 is 0 Å². The molecule has 0 aromatic heterocycles. The number of amides is 2. The zero-order valence-electron chi connectivity index (χ0n) is 10.8. The van der Waals surface area contributed by atoms with Gasteiger partial charge in [-0.25, -0.2) is 4.79 Å². The number of aryl methyl sites for hydroxylation is 1. The molecule has 1 aromatic carbocycles. The van der Waals surface area contributed by atoms with E-state index in [1.807, 2.05) is 31.2 Å². The fraction of sp³-hybridized carbons (Fsp3) is 0.462. The Bertz CT molecular complexity index is 382. The molecule has 0 bridgehead atoms. The number of ether oxygens (including phenoxy) is 1. The van der Waals surface area contributed by atoms with Gasteiger partial charge in [0.2, 0.25) is 0 Å². The molecule has 0 aliphatic carbocycles. The molecule has 0 saturated carbocycles. The van der Waals surface area contributed by atoms with Crippen LogP contribution in [0.25, 0.3) is 0 Å². The summed E-state index contributed by atoms with van der Waals surface area (Å²) >= 11 is 0. The van der Waals surface area contributed by atoms with Crippen molar-refractivity contribution in [3.8, 4) is 0 Å². The van der Waals surface area contributed by atoms with Crippen molar-refractivity contribution >= 4 is 11.7 Å². The molecular weight excluding hydrogens is 232 g/mol. The Labute approximate surface area is 107 Å². The Morgan fingerprint density at radius 2 is 2.17 bits per heavy atom. The van der Waals surface area contributed by atoms with Gasteiger partial charge < -0.3 is 20.5 Å². The standard InChI is InChI=1S/C13H20N2O3/c1-10-5-3-4-6-12(10)15-13(17)14-8-7-11(16)9-18-2/h3-6,11,16H,7-9H2,1-2H3,(H2,14,15,17). The van der Waals surface area contributed by atoms with Crippen LogP contribution in [-0.4, -0.2) is 37.5 Å². The highest BCUT2D eigenvalue weighted by Gasteiger charge is 2.06. The van der Waals surface area contributed by atoms with Gasteiger partial charge in [0.1, 0.15) is 0 Å². The Kier molecular flexibility index (Phi) is 6.18. The fourth-order valence-corrected chi connectivity index (χ4v) is 1.51. The van der Waals surface area contributed by atoms with Crippen LogP contribution in [0.1, 0.15) is 12.0 Å². The Morgan fingerprint density at radius 3 is 2.83 bits per heavy atom. The molecular formula is C13H20N2O3. The van der Waals surface area contributed by atoms with Gasteiger partial charge in [-0.05, 0) is 25.0 Å². The molecule has 0 heterocycles. The van der Waals surface area contributed by atoms with Crippen LogP contribution in [-0.2, 0) is 4.74 Å². The quantitative estimate of drug-likeness (QED) is 0.718. The average Bonchev–Trinajstić information content (AvgIpc) is 2.32. The number of benzene rings is 1. The zero-order chi connectivity index (χ0) is 13.4. The van der Waals surface area contributed by atoms with Gasteiger partial charge in [0.25, 0.3) is 0 Å². The number of hydrogen-bond acceptors (Lipinski definition) is 3. The van der Waals surface area contributed by atoms with Crippen molar-refractivity contribution in [2.24, 2.45) is 0 Å². The van der Waals surface area contributed by atoms with Crippen LogP contribution in [0.3, 0.4) is 0 Å². The molecule has 5 heteroatoms. The second-order valence-electron chi connectivity index (χ2n) is 4.09. The third-order valence-electron chi connectivity index (χ3n) is 2.52. The minimum absolute atomic E-state index is 0.270. The first-order chi connectivity index (χ1) is 8.63. The largest absolute Gasteiger partial charge is 0.391 e. The summed E-state index contributed by atoms with van der Waals surface area (Å²) < 4.78 is 4.79. The lowest BCUT2D eigenvalue weighted by Gasteiger charge is -2.11. The van der Waals surface area contributed by atoms with Gasteiger partial charge in [0.15, 0.2) is 0 Å². The third-order valence-corrected chi connectivity index (χ3v) is 2.52. The third kappa shape index (κ3) is 5.16. The van der Waals surface area contributed by atoms with Crippen LogP contribution in [0.2, 0.25) is 0 Å². The maximum atomic E-state index is 11.6. The van der Waals surface area contributed by atoms with Gasteiger partial charge in [0.05, 0.1) is 12.7 Å². The minimum Gasteiger partial charge on any atom is -0.391 e. The summed E-state index contributed by atoms with van der Waals surface area (Å²) in [6.45, 7) is 2.61. The van der Waals surface area contributed by atoms with Gasteiger partial charge in [-0.1, -0.05) is 18.2 Å². The molecule has 18 heavy (non-hydrogen) atoms. The Hall–Kier alpha value is -1.59. The molecule has 0 fully saturated rings. The molecule has 1 aromatic rings. The van der Waals surface area contributed by atoms with E-state index in [4.69, 9.17) is 4.74 Å². The number of hydrogen-bond donors (Lipinski definition) is 3. The summed E-state index contributed by atoms with van der Waals surface area (Å²) in [7, 11) is 1.53. The van der Waals surface area contributed by atoms with Gasteiger partial charge in [-0.2, -0.15) is 0 Å². The lowest BCUT2D eigenvalue weighted by atomic mass is 10.2. The number of rotatable bonds is 6. The summed E-state index contributed by atoms with van der Waals surface area (Å²) in [4.78, 5) is 11.6. The van der Waals surface area contributed by atoms with E-state index in [1.165, 1.54) is 7.11 Å². The molecule has 0 aliphatic rings.